The molecule has 5 heteroatoms. The standard InChI is InChI=1S/C14H23N3OS/c1-11(12-4-5-19-7-12)6-16-13(15-3)17-8-14(2)9-18-10-14/h4-5,7,11H,6,8-10H2,1-3H3,(H2,15,16,17). The average Bonchev–Trinajstić information content (AvgIpc) is 2.90. The molecule has 1 saturated heterocycles. The molecule has 1 unspecified atom stereocenters. The van der Waals surface area contributed by atoms with Crippen LogP contribution in [0, 0.1) is 5.41 Å². The van der Waals surface area contributed by atoms with Crippen molar-refractivity contribution in [2.75, 3.05) is 33.4 Å². The molecule has 0 radical (unpaired) electrons. The molecule has 0 aromatic carbocycles. The van der Waals surface area contributed by atoms with Crippen LogP contribution in [-0.4, -0.2) is 39.3 Å². The van der Waals surface area contributed by atoms with Gasteiger partial charge in [0.25, 0.3) is 0 Å². The van der Waals surface area contributed by atoms with Crippen molar-refractivity contribution in [3.8, 4) is 0 Å². The summed E-state index contributed by atoms with van der Waals surface area (Å²) in [7, 11) is 1.81. The summed E-state index contributed by atoms with van der Waals surface area (Å²) in [5, 5.41) is 11.1. The Morgan fingerprint density at radius 2 is 2.32 bits per heavy atom. The predicted octanol–water partition coefficient (Wildman–Crippen LogP) is 2.05. The first-order valence-electron chi connectivity index (χ1n) is 6.67. The maximum Gasteiger partial charge on any atom is 0.191 e. The Labute approximate surface area is 119 Å². The number of nitrogens with zero attached hydrogens (tertiary/aromatic N) is 1. The predicted molar refractivity (Wildman–Crippen MR) is 81.0 cm³/mol. The molecule has 2 heterocycles. The van der Waals surface area contributed by atoms with Crippen LogP contribution in [0.3, 0.4) is 0 Å². The topological polar surface area (TPSA) is 45.7 Å². The van der Waals surface area contributed by atoms with Crippen molar-refractivity contribution in [3.63, 3.8) is 0 Å². The normalized spacial score (nSPS) is 19.6. The number of rotatable bonds is 5. The fourth-order valence-corrected chi connectivity index (χ4v) is 2.78. The van der Waals surface area contributed by atoms with Gasteiger partial charge in [0.15, 0.2) is 5.96 Å². The van der Waals surface area contributed by atoms with Gasteiger partial charge in [-0.2, -0.15) is 11.3 Å². The van der Waals surface area contributed by atoms with E-state index in [-0.39, 0.29) is 5.41 Å². The Kier molecular flexibility index (Phi) is 4.82. The van der Waals surface area contributed by atoms with Crippen LogP contribution >= 0.6 is 11.3 Å². The Morgan fingerprint density at radius 1 is 1.53 bits per heavy atom. The minimum absolute atomic E-state index is 0.261. The summed E-state index contributed by atoms with van der Waals surface area (Å²) in [6.07, 6.45) is 0. The van der Waals surface area contributed by atoms with Crippen LogP contribution < -0.4 is 10.6 Å². The molecule has 1 aromatic rings. The maximum atomic E-state index is 5.25. The van der Waals surface area contributed by atoms with E-state index in [4.69, 9.17) is 4.74 Å². The first-order chi connectivity index (χ1) is 9.13. The van der Waals surface area contributed by atoms with E-state index in [1.165, 1.54) is 5.56 Å². The van der Waals surface area contributed by atoms with Crippen LogP contribution in [0.25, 0.3) is 0 Å². The Bertz CT molecular complexity index is 412. The SMILES string of the molecule is CN=C(NCC(C)c1ccsc1)NCC1(C)COC1. The minimum Gasteiger partial charge on any atom is -0.380 e. The second kappa shape index (κ2) is 6.39. The number of guanidine groups is 1. The monoisotopic (exact) mass is 281 g/mol. The van der Waals surface area contributed by atoms with E-state index >= 15 is 0 Å². The smallest absolute Gasteiger partial charge is 0.191 e. The number of nitrogens with one attached hydrogen (secondary N) is 2. The number of thiophene rings is 1. The Hall–Kier alpha value is -1.07. The fraction of sp³-hybridized carbons (Fsp3) is 0.643. The van der Waals surface area contributed by atoms with Crippen LogP contribution in [0.4, 0.5) is 0 Å². The highest BCUT2D eigenvalue weighted by Crippen LogP contribution is 2.25. The molecule has 1 aliphatic heterocycles. The van der Waals surface area contributed by atoms with Gasteiger partial charge < -0.3 is 15.4 Å². The van der Waals surface area contributed by atoms with Gasteiger partial charge in [0, 0.05) is 25.6 Å². The van der Waals surface area contributed by atoms with E-state index in [1.807, 2.05) is 7.05 Å². The molecule has 0 aliphatic carbocycles. The van der Waals surface area contributed by atoms with E-state index in [0.29, 0.717) is 5.92 Å². The van der Waals surface area contributed by atoms with Gasteiger partial charge in [-0.3, -0.25) is 4.99 Å². The van der Waals surface area contributed by atoms with Crippen molar-refractivity contribution in [3.05, 3.63) is 22.4 Å². The summed E-state index contributed by atoms with van der Waals surface area (Å²) in [5.74, 6) is 1.36. The molecule has 106 valence electrons. The van der Waals surface area contributed by atoms with E-state index in [9.17, 15) is 0 Å². The molecule has 1 aromatic heterocycles. The van der Waals surface area contributed by atoms with Gasteiger partial charge in [-0.1, -0.05) is 13.8 Å². The zero-order valence-electron chi connectivity index (χ0n) is 11.9. The lowest BCUT2D eigenvalue weighted by molar-refractivity contribution is -0.0971. The molecule has 2 N–H and O–H groups in total. The molecule has 1 aliphatic rings. The van der Waals surface area contributed by atoms with Crippen LogP contribution in [0.2, 0.25) is 0 Å². The third-order valence-corrected chi connectivity index (χ3v) is 4.20. The third kappa shape index (κ3) is 3.94. The maximum absolute atomic E-state index is 5.25. The van der Waals surface area contributed by atoms with Gasteiger partial charge in [-0.15, -0.1) is 0 Å². The van der Waals surface area contributed by atoms with Gasteiger partial charge >= 0.3 is 0 Å². The van der Waals surface area contributed by atoms with Gasteiger partial charge in [-0.25, -0.2) is 0 Å². The van der Waals surface area contributed by atoms with Crippen LogP contribution in [0.5, 0.6) is 0 Å². The molecule has 1 atom stereocenters. The summed E-state index contributed by atoms with van der Waals surface area (Å²) in [6, 6.07) is 2.18. The van der Waals surface area contributed by atoms with E-state index in [2.05, 4.69) is 46.3 Å². The average molecular weight is 281 g/mol. The molecule has 2 rings (SSSR count). The van der Waals surface area contributed by atoms with Crippen molar-refractivity contribution in [2.45, 2.75) is 19.8 Å². The molecule has 0 saturated carbocycles. The van der Waals surface area contributed by atoms with Crippen molar-refractivity contribution in [1.82, 2.24) is 10.6 Å². The first kappa shape index (κ1) is 14.3. The quantitative estimate of drug-likeness (QED) is 0.641. The molecule has 0 spiro atoms. The van der Waals surface area contributed by atoms with Crippen molar-refractivity contribution in [2.24, 2.45) is 10.4 Å². The van der Waals surface area contributed by atoms with E-state index in [0.717, 1.165) is 32.3 Å². The lowest BCUT2D eigenvalue weighted by atomic mass is 9.89. The summed E-state index contributed by atoms with van der Waals surface area (Å²) in [4.78, 5) is 4.26. The lowest BCUT2D eigenvalue weighted by Gasteiger charge is -2.38. The third-order valence-electron chi connectivity index (χ3n) is 3.50. The number of aliphatic imine (C=N–C) groups is 1. The molecule has 0 bridgehead atoms. The summed E-state index contributed by atoms with van der Waals surface area (Å²) >= 11 is 1.74. The minimum atomic E-state index is 0.261. The van der Waals surface area contributed by atoms with Crippen molar-refractivity contribution >= 4 is 17.3 Å². The van der Waals surface area contributed by atoms with Crippen molar-refractivity contribution in [1.29, 1.82) is 0 Å². The zero-order chi connectivity index (χ0) is 13.7. The van der Waals surface area contributed by atoms with E-state index < -0.39 is 0 Å². The van der Waals surface area contributed by atoms with Crippen molar-refractivity contribution < 1.29 is 4.74 Å². The van der Waals surface area contributed by atoms with Crippen LogP contribution in [0.15, 0.2) is 21.8 Å². The van der Waals surface area contributed by atoms with E-state index in [1.54, 1.807) is 11.3 Å². The molecule has 4 nitrogen and oxygen atoms in total. The summed E-state index contributed by atoms with van der Waals surface area (Å²) in [6.45, 7) is 7.92. The number of hydrogen-bond donors (Lipinski definition) is 2. The molecular formula is C14H23N3OS. The summed E-state index contributed by atoms with van der Waals surface area (Å²) in [5.41, 5.74) is 1.64. The molecular weight excluding hydrogens is 258 g/mol. The highest BCUT2D eigenvalue weighted by molar-refractivity contribution is 7.07. The first-order valence-corrected chi connectivity index (χ1v) is 7.62. The van der Waals surface area contributed by atoms with Gasteiger partial charge in [0.05, 0.1) is 13.2 Å². The highest BCUT2D eigenvalue weighted by Gasteiger charge is 2.33. The number of hydrogen-bond acceptors (Lipinski definition) is 3. The fourth-order valence-electron chi connectivity index (χ4n) is 1.99. The highest BCUT2D eigenvalue weighted by atomic mass is 32.1. The largest absolute Gasteiger partial charge is 0.380 e. The Morgan fingerprint density at radius 3 is 2.84 bits per heavy atom. The molecule has 19 heavy (non-hydrogen) atoms. The lowest BCUT2D eigenvalue weighted by Crippen LogP contribution is -2.51. The summed E-state index contributed by atoms with van der Waals surface area (Å²) < 4.78 is 5.25. The second-order valence-corrected chi connectivity index (χ2v) is 6.35. The zero-order valence-corrected chi connectivity index (χ0v) is 12.7. The van der Waals surface area contributed by atoms with Gasteiger partial charge in [0.2, 0.25) is 0 Å². The Balaban J connectivity index is 1.73. The van der Waals surface area contributed by atoms with Gasteiger partial charge in [0.1, 0.15) is 0 Å². The van der Waals surface area contributed by atoms with Crippen LogP contribution in [0.1, 0.15) is 25.3 Å². The second-order valence-electron chi connectivity index (χ2n) is 5.57. The molecule has 0 amide bonds. The van der Waals surface area contributed by atoms with Crippen LogP contribution in [-0.2, 0) is 4.74 Å². The molecule has 1 fully saturated rings. The van der Waals surface area contributed by atoms with Gasteiger partial charge in [-0.05, 0) is 28.3 Å². The number of ether oxygens (including phenoxy) is 1.